The first kappa shape index (κ1) is 24.6. The molecule has 0 fully saturated rings. The molecular formula is C22H13ClF4N6O3S. The minimum atomic E-state index is -3.81. The zero-order chi connectivity index (χ0) is 26.6. The lowest BCUT2D eigenvalue weighted by molar-refractivity contribution is 0.0867. The molecule has 0 saturated carbocycles. The summed E-state index contributed by atoms with van der Waals surface area (Å²) in [5.41, 5.74) is 4.00. The van der Waals surface area contributed by atoms with Gasteiger partial charge in [-0.2, -0.15) is 13.9 Å². The first-order chi connectivity index (χ1) is 17.4. The second-order valence-electron chi connectivity index (χ2n) is 7.76. The monoisotopic (exact) mass is 552 g/mol. The van der Waals surface area contributed by atoms with Gasteiger partial charge < -0.3 is 15.5 Å². The van der Waals surface area contributed by atoms with Gasteiger partial charge in [0.25, 0.3) is 18.2 Å². The van der Waals surface area contributed by atoms with Crippen LogP contribution in [0.3, 0.4) is 0 Å². The van der Waals surface area contributed by atoms with Crippen LogP contribution in [0, 0.1) is 6.92 Å². The third-order valence-electron chi connectivity index (χ3n) is 5.23. The van der Waals surface area contributed by atoms with Gasteiger partial charge in [-0.1, -0.05) is 0 Å². The third-order valence-corrected chi connectivity index (χ3v) is 6.52. The molecule has 5 aromatic rings. The van der Waals surface area contributed by atoms with Crippen molar-refractivity contribution in [1.29, 1.82) is 0 Å². The van der Waals surface area contributed by atoms with Gasteiger partial charge >= 0.3 is 5.38 Å². The molecule has 0 unspecified atom stereocenters. The van der Waals surface area contributed by atoms with Crippen LogP contribution < -0.4 is 11.1 Å². The lowest BCUT2D eigenvalue weighted by Gasteiger charge is -2.10. The normalized spacial score (nSPS) is 12.1. The van der Waals surface area contributed by atoms with E-state index in [0.29, 0.717) is 11.3 Å². The number of anilines is 1. The highest BCUT2D eigenvalue weighted by molar-refractivity contribution is 7.21. The van der Waals surface area contributed by atoms with E-state index in [2.05, 4.69) is 20.4 Å². The van der Waals surface area contributed by atoms with Crippen LogP contribution in [0.1, 0.15) is 43.7 Å². The number of nitrogens with zero attached hydrogens (tertiary/aromatic N) is 4. The van der Waals surface area contributed by atoms with Gasteiger partial charge in [0, 0.05) is 22.7 Å². The van der Waals surface area contributed by atoms with Crippen LogP contribution in [-0.2, 0) is 5.38 Å². The van der Waals surface area contributed by atoms with E-state index in [-0.39, 0.29) is 49.1 Å². The number of halogens is 5. The fourth-order valence-corrected chi connectivity index (χ4v) is 4.89. The van der Waals surface area contributed by atoms with Crippen LogP contribution in [-0.4, -0.2) is 31.4 Å². The molecule has 2 amide bonds. The highest BCUT2D eigenvalue weighted by Gasteiger charge is 2.33. The maximum Gasteiger partial charge on any atom is 0.364 e. The molecule has 0 radical (unpaired) electrons. The molecule has 37 heavy (non-hydrogen) atoms. The molecule has 3 N–H and O–H groups in total. The fraction of sp³-hybridized carbons (Fsp3) is 0.136. The van der Waals surface area contributed by atoms with Crippen LogP contribution in [0.2, 0.25) is 0 Å². The van der Waals surface area contributed by atoms with E-state index in [1.807, 2.05) is 0 Å². The number of primary amides is 1. The zero-order valence-corrected chi connectivity index (χ0v) is 20.0. The summed E-state index contributed by atoms with van der Waals surface area (Å²) in [4.78, 5) is 33.2. The Balaban J connectivity index is 1.67. The Hall–Kier alpha value is -4.04. The summed E-state index contributed by atoms with van der Waals surface area (Å²) in [5.74, 6) is -1.71. The Kier molecular flexibility index (Phi) is 5.87. The minimum Gasteiger partial charge on any atom is -0.464 e. The number of nitrogens with one attached hydrogen (secondary N) is 1. The van der Waals surface area contributed by atoms with Gasteiger partial charge in [-0.05, 0) is 42.8 Å². The molecule has 0 aliphatic carbocycles. The van der Waals surface area contributed by atoms with E-state index < -0.39 is 35.0 Å². The molecule has 5 aromatic heterocycles. The molecule has 0 aromatic carbocycles. The lowest BCUT2D eigenvalue weighted by atomic mass is 10.1. The number of furan rings is 1. The molecule has 0 spiro atoms. The Morgan fingerprint density at radius 2 is 2.00 bits per heavy atom. The summed E-state index contributed by atoms with van der Waals surface area (Å²) < 4.78 is 61.0. The van der Waals surface area contributed by atoms with Crippen molar-refractivity contribution in [2.24, 2.45) is 5.73 Å². The molecule has 9 nitrogen and oxygen atoms in total. The Labute approximate surface area is 212 Å². The van der Waals surface area contributed by atoms with Crippen molar-refractivity contribution in [2.45, 2.75) is 18.7 Å². The molecule has 15 heteroatoms. The quantitative estimate of drug-likeness (QED) is 0.212. The van der Waals surface area contributed by atoms with Crippen LogP contribution in [0.15, 0.2) is 41.0 Å². The molecule has 5 rings (SSSR count). The maximum atomic E-state index is 13.9. The van der Waals surface area contributed by atoms with Crippen LogP contribution in [0.4, 0.5) is 23.2 Å². The second-order valence-corrected chi connectivity index (χ2v) is 9.23. The standard InChI is InChI=1S/C22H13ClF4N6O3S/c1-8-5-13(22(23,26)27)33-14(29-8)7-11(32-33)20(35)31-16-15-9(12-3-2-4-36-12)6-10(18(24)25)30-21(15)37-17(16)19(28)34/h2-7,18H,1H3,(H2,28,34)(H,31,35). The minimum absolute atomic E-state index is 0.00957. The zero-order valence-electron chi connectivity index (χ0n) is 18.4. The van der Waals surface area contributed by atoms with Crippen molar-refractivity contribution in [3.63, 3.8) is 0 Å². The summed E-state index contributed by atoms with van der Waals surface area (Å²) in [6.07, 6.45) is -1.61. The number of carbonyl (C=O) groups excluding carboxylic acids is 2. The van der Waals surface area contributed by atoms with Crippen molar-refractivity contribution in [3.05, 3.63) is 64.2 Å². The van der Waals surface area contributed by atoms with Gasteiger partial charge in [-0.15, -0.1) is 11.3 Å². The molecule has 0 saturated heterocycles. The predicted octanol–water partition coefficient (Wildman–Crippen LogP) is 5.48. The van der Waals surface area contributed by atoms with Crippen LogP contribution in [0.5, 0.6) is 0 Å². The number of pyridine rings is 1. The van der Waals surface area contributed by atoms with E-state index in [1.54, 1.807) is 0 Å². The van der Waals surface area contributed by atoms with Gasteiger partial charge in [-0.3, -0.25) is 9.59 Å². The fourth-order valence-electron chi connectivity index (χ4n) is 3.74. The third kappa shape index (κ3) is 4.38. The summed E-state index contributed by atoms with van der Waals surface area (Å²) in [6, 6.07) is 6.27. The molecular weight excluding hydrogens is 540 g/mol. The molecule has 0 atom stereocenters. The topological polar surface area (TPSA) is 128 Å². The number of aromatic nitrogens is 4. The molecule has 5 heterocycles. The largest absolute Gasteiger partial charge is 0.464 e. The van der Waals surface area contributed by atoms with Crippen LogP contribution in [0.25, 0.3) is 27.2 Å². The Morgan fingerprint density at radius 1 is 1.24 bits per heavy atom. The van der Waals surface area contributed by atoms with E-state index in [9.17, 15) is 27.2 Å². The molecule has 0 aliphatic rings. The number of thiophene rings is 1. The number of carbonyl (C=O) groups is 2. The smallest absolute Gasteiger partial charge is 0.364 e. The van der Waals surface area contributed by atoms with Crippen molar-refractivity contribution in [2.75, 3.05) is 5.32 Å². The van der Waals surface area contributed by atoms with Crippen molar-refractivity contribution >= 4 is 56.3 Å². The Morgan fingerprint density at radius 3 is 2.62 bits per heavy atom. The number of fused-ring (bicyclic) bond motifs is 2. The Bertz CT molecular complexity index is 1690. The number of hydrogen-bond acceptors (Lipinski definition) is 7. The first-order valence-electron chi connectivity index (χ1n) is 10.3. The number of aryl methyl sites for hydroxylation is 1. The number of alkyl halides is 5. The average Bonchev–Trinajstić information content (AvgIpc) is 3.55. The lowest BCUT2D eigenvalue weighted by Crippen LogP contribution is -2.18. The number of nitrogens with two attached hydrogens (primary N) is 1. The van der Waals surface area contributed by atoms with E-state index in [4.69, 9.17) is 21.8 Å². The van der Waals surface area contributed by atoms with E-state index >= 15 is 0 Å². The predicted molar refractivity (Wildman–Crippen MR) is 126 cm³/mol. The number of hydrogen-bond donors (Lipinski definition) is 2. The summed E-state index contributed by atoms with van der Waals surface area (Å²) in [7, 11) is 0. The summed E-state index contributed by atoms with van der Waals surface area (Å²) in [5, 5.41) is 2.71. The number of rotatable bonds is 6. The van der Waals surface area contributed by atoms with Crippen molar-refractivity contribution in [1.82, 2.24) is 19.6 Å². The van der Waals surface area contributed by atoms with Crippen LogP contribution >= 0.6 is 22.9 Å². The van der Waals surface area contributed by atoms with Gasteiger partial charge in [0.05, 0.1) is 12.0 Å². The second kappa shape index (κ2) is 8.81. The first-order valence-corrected chi connectivity index (χ1v) is 11.5. The van der Waals surface area contributed by atoms with Crippen molar-refractivity contribution < 1.29 is 31.6 Å². The van der Waals surface area contributed by atoms with Gasteiger partial charge in [0.15, 0.2) is 11.3 Å². The van der Waals surface area contributed by atoms with Gasteiger partial charge in [0.2, 0.25) is 0 Å². The summed E-state index contributed by atoms with van der Waals surface area (Å²) in [6.45, 7) is 1.46. The van der Waals surface area contributed by atoms with Gasteiger partial charge in [-0.25, -0.2) is 23.3 Å². The SMILES string of the molecule is Cc1cc(C(F)(F)Cl)n2nc(C(=O)Nc3c(C(N)=O)sc4nc(C(F)F)cc(-c5ccco5)c34)cc2n1. The van der Waals surface area contributed by atoms with Gasteiger partial charge in [0.1, 0.15) is 26.9 Å². The number of amides is 2. The maximum absolute atomic E-state index is 13.9. The van der Waals surface area contributed by atoms with Crippen molar-refractivity contribution in [3.8, 4) is 11.3 Å². The van der Waals surface area contributed by atoms with E-state index in [0.717, 1.165) is 22.7 Å². The molecule has 0 aliphatic heterocycles. The summed E-state index contributed by atoms with van der Waals surface area (Å²) >= 11 is 5.89. The molecule has 190 valence electrons. The highest BCUT2D eigenvalue weighted by atomic mass is 35.5. The highest BCUT2D eigenvalue weighted by Crippen LogP contribution is 2.42. The molecule has 0 bridgehead atoms. The average molecular weight is 553 g/mol. The van der Waals surface area contributed by atoms with E-state index in [1.165, 1.54) is 25.3 Å².